The van der Waals surface area contributed by atoms with E-state index >= 15 is 0 Å². The van der Waals surface area contributed by atoms with Gasteiger partial charge in [-0.15, -0.1) is 0 Å². The van der Waals surface area contributed by atoms with Crippen LogP contribution in [-0.4, -0.2) is 35.9 Å². The summed E-state index contributed by atoms with van der Waals surface area (Å²) in [5, 5.41) is 0. The summed E-state index contributed by atoms with van der Waals surface area (Å²) in [6.07, 6.45) is 3.79. The number of thiocarbonyl (C=S) groups is 1. The summed E-state index contributed by atoms with van der Waals surface area (Å²) < 4.78 is 11.2. The second-order valence-electron chi connectivity index (χ2n) is 4.79. The van der Waals surface area contributed by atoms with Crippen LogP contribution in [-0.2, 0) is 4.79 Å². The van der Waals surface area contributed by atoms with Gasteiger partial charge in [0.1, 0.15) is 15.8 Å². The first-order chi connectivity index (χ1) is 10.6. The van der Waals surface area contributed by atoms with Crippen molar-refractivity contribution in [3.63, 3.8) is 0 Å². The van der Waals surface area contributed by atoms with E-state index in [1.54, 1.807) is 19.1 Å². The van der Waals surface area contributed by atoms with Crippen molar-refractivity contribution < 1.29 is 14.3 Å². The minimum atomic E-state index is -0.0340. The normalized spacial score (nSPS) is 16.5. The molecule has 2 rings (SSSR count). The minimum absolute atomic E-state index is 0.0340. The monoisotopic (exact) mass is 337 g/mol. The lowest BCUT2D eigenvalue weighted by molar-refractivity contribution is -0.122. The zero-order valence-corrected chi connectivity index (χ0v) is 14.6. The zero-order valence-electron chi connectivity index (χ0n) is 12.9. The molecular weight excluding hydrogens is 318 g/mol. The van der Waals surface area contributed by atoms with Gasteiger partial charge >= 0.3 is 0 Å². The molecule has 22 heavy (non-hydrogen) atoms. The van der Waals surface area contributed by atoms with Gasteiger partial charge in [0.2, 0.25) is 0 Å². The topological polar surface area (TPSA) is 38.8 Å². The highest BCUT2D eigenvalue weighted by atomic mass is 32.2. The van der Waals surface area contributed by atoms with Gasteiger partial charge in [-0.1, -0.05) is 37.3 Å². The quantitative estimate of drug-likeness (QED) is 0.584. The Morgan fingerprint density at radius 1 is 1.32 bits per heavy atom. The number of benzene rings is 1. The summed E-state index contributed by atoms with van der Waals surface area (Å²) >= 11 is 6.64. The smallest absolute Gasteiger partial charge is 0.266 e. The maximum atomic E-state index is 12.5. The second kappa shape index (κ2) is 7.65. The molecule has 0 spiro atoms. The molecule has 0 saturated carbocycles. The summed E-state index contributed by atoms with van der Waals surface area (Å²) in [6, 6.07) is 5.49. The van der Waals surface area contributed by atoms with Crippen LogP contribution in [0, 0.1) is 0 Å². The van der Waals surface area contributed by atoms with Crippen LogP contribution in [0.5, 0.6) is 11.5 Å². The average molecular weight is 337 g/mol. The van der Waals surface area contributed by atoms with E-state index in [0.29, 0.717) is 27.3 Å². The highest BCUT2D eigenvalue weighted by Gasteiger charge is 2.31. The predicted octanol–water partition coefficient (Wildman–Crippen LogP) is 3.71. The third-order valence-electron chi connectivity index (χ3n) is 3.33. The van der Waals surface area contributed by atoms with Crippen molar-refractivity contribution in [3.8, 4) is 11.5 Å². The van der Waals surface area contributed by atoms with E-state index in [0.717, 1.165) is 18.4 Å². The summed E-state index contributed by atoms with van der Waals surface area (Å²) in [7, 11) is 3.21. The zero-order chi connectivity index (χ0) is 16.1. The van der Waals surface area contributed by atoms with Gasteiger partial charge in [0.15, 0.2) is 0 Å². The molecule has 0 bridgehead atoms. The van der Waals surface area contributed by atoms with E-state index in [2.05, 4.69) is 6.92 Å². The van der Waals surface area contributed by atoms with Gasteiger partial charge in [0, 0.05) is 12.1 Å². The number of carbonyl (C=O) groups excluding carboxylic acids is 1. The highest BCUT2D eigenvalue weighted by Crippen LogP contribution is 2.35. The largest absolute Gasteiger partial charge is 0.497 e. The Morgan fingerprint density at radius 3 is 2.73 bits per heavy atom. The van der Waals surface area contributed by atoms with Crippen LogP contribution in [0.15, 0.2) is 23.1 Å². The molecule has 1 aliphatic rings. The van der Waals surface area contributed by atoms with Crippen molar-refractivity contribution in [3.05, 3.63) is 28.7 Å². The SMILES string of the molecule is CCCCN1C(=O)/C(=C\c2cc(OC)ccc2OC)SC1=S. The van der Waals surface area contributed by atoms with Crippen molar-refractivity contribution in [2.45, 2.75) is 19.8 Å². The number of unbranched alkanes of at least 4 members (excludes halogenated alkanes) is 1. The average Bonchev–Trinajstić information content (AvgIpc) is 2.79. The van der Waals surface area contributed by atoms with E-state index in [4.69, 9.17) is 21.7 Å². The first-order valence-electron chi connectivity index (χ1n) is 7.08. The molecule has 0 atom stereocenters. The van der Waals surface area contributed by atoms with Gasteiger partial charge < -0.3 is 9.47 Å². The molecule has 1 fully saturated rings. The molecule has 0 unspecified atom stereocenters. The number of methoxy groups -OCH3 is 2. The third-order valence-corrected chi connectivity index (χ3v) is 4.71. The van der Waals surface area contributed by atoms with Crippen molar-refractivity contribution in [1.82, 2.24) is 4.90 Å². The molecule has 1 saturated heterocycles. The number of amides is 1. The maximum Gasteiger partial charge on any atom is 0.266 e. The van der Waals surface area contributed by atoms with Crippen molar-refractivity contribution in [2.24, 2.45) is 0 Å². The number of hydrogen-bond donors (Lipinski definition) is 0. The molecule has 1 aromatic rings. The fourth-order valence-electron chi connectivity index (χ4n) is 2.10. The first kappa shape index (κ1) is 16.8. The van der Waals surface area contributed by atoms with E-state index in [-0.39, 0.29) is 5.91 Å². The van der Waals surface area contributed by atoms with Gasteiger partial charge in [-0.2, -0.15) is 0 Å². The molecule has 1 heterocycles. The number of thioether (sulfide) groups is 1. The van der Waals surface area contributed by atoms with E-state index < -0.39 is 0 Å². The molecular formula is C16H19NO3S2. The first-order valence-corrected chi connectivity index (χ1v) is 8.30. The van der Waals surface area contributed by atoms with Crippen LogP contribution in [0.4, 0.5) is 0 Å². The van der Waals surface area contributed by atoms with Gasteiger partial charge in [0.25, 0.3) is 5.91 Å². The maximum absolute atomic E-state index is 12.5. The molecule has 6 heteroatoms. The summed E-state index contributed by atoms with van der Waals surface area (Å²) in [5.74, 6) is 1.38. The Bertz CT molecular complexity index is 613. The lowest BCUT2D eigenvalue weighted by atomic mass is 10.1. The van der Waals surface area contributed by atoms with Gasteiger partial charge in [-0.25, -0.2) is 0 Å². The summed E-state index contributed by atoms with van der Waals surface area (Å²) in [5.41, 5.74) is 0.804. The van der Waals surface area contributed by atoms with Crippen molar-refractivity contribution in [1.29, 1.82) is 0 Å². The van der Waals surface area contributed by atoms with Gasteiger partial charge in [0.05, 0.1) is 19.1 Å². The Kier molecular flexibility index (Phi) is 5.85. The summed E-state index contributed by atoms with van der Waals surface area (Å²) in [6.45, 7) is 2.77. The number of hydrogen-bond acceptors (Lipinski definition) is 5. The standard InChI is InChI=1S/C16H19NO3S2/c1-4-5-8-17-15(18)14(22-16(17)21)10-11-9-12(19-2)6-7-13(11)20-3/h6-7,9-10H,4-5,8H2,1-3H3/b14-10+. The van der Waals surface area contributed by atoms with E-state index in [1.165, 1.54) is 11.8 Å². The predicted molar refractivity (Wildman–Crippen MR) is 94.3 cm³/mol. The van der Waals surface area contributed by atoms with Crippen LogP contribution < -0.4 is 9.47 Å². The lowest BCUT2D eigenvalue weighted by Crippen LogP contribution is -2.28. The van der Waals surface area contributed by atoms with Crippen LogP contribution in [0.1, 0.15) is 25.3 Å². The third kappa shape index (κ3) is 3.62. The van der Waals surface area contributed by atoms with E-state index in [9.17, 15) is 4.79 Å². The van der Waals surface area contributed by atoms with Crippen molar-refractivity contribution >= 4 is 40.3 Å². The molecule has 118 valence electrons. The molecule has 0 radical (unpaired) electrons. The number of nitrogens with zero attached hydrogens (tertiary/aromatic N) is 1. The molecule has 1 amide bonds. The van der Waals surface area contributed by atoms with Crippen LogP contribution >= 0.6 is 24.0 Å². The lowest BCUT2D eigenvalue weighted by Gasteiger charge is -2.13. The summed E-state index contributed by atoms with van der Waals surface area (Å²) in [4.78, 5) is 14.7. The Labute approximate surface area is 140 Å². The number of ether oxygens (including phenoxy) is 2. The van der Waals surface area contributed by atoms with E-state index in [1.807, 2.05) is 24.3 Å². The Morgan fingerprint density at radius 2 is 2.09 bits per heavy atom. The molecule has 0 aromatic heterocycles. The fraction of sp³-hybridized carbons (Fsp3) is 0.375. The fourth-order valence-corrected chi connectivity index (χ4v) is 3.40. The van der Waals surface area contributed by atoms with Crippen molar-refractivity contribution in [2.75, 3.05) is 20.8 Å². The van der Waals surface area contributed by atoms with Crippen LogP contribution in [0.2, 0.25) is 0 Å². The van der Waals surface area contributed by atoms with Gasteiger partial charge in [-0.3, -0.25) is 9.69 Å². The van der Waals surface area contributed by atoms with Gasteiger partial charge in [-0.05, 0) is 30.7 Å². The Balaban J connectivity index is 2.30. The number of carbonyl (C=O) groups is 1. The molecule has 4 nitrogen and oxygen atoms in total. The molecule has 1 aromatic carbocycles. The minimum Gasteiger partial charge on any atom is -0.497 e. The molecule has 0 N–H and O–H groups in total. The molecule has 0 aliphatic carbocycles. The Hall–Kier alpha value is -1.53. The molecule has 1 aliphatic heterocycles. The van der Waals surface area contributed by atoms with Crippen LogP contribution in [0.3, 0.4) is 0 Å². The van der Waals surface area contributed by atoms with Crippen LogP contribution in [0.25, 0.3) is 6.08 Å². The number of rotatable bonds is 6. The second-order valence-corrected chi connectivity index (χ2v) is 6.47. The highest BCUT2D eigenvalue weighted by molar-refractivity contribution is 8.26.